The number of anilines is 2. The highest BCUT2D eigenvalue weighted by Gasteiger charge is 2.15. The smallest absolute Gasteiger partial charge is 0.275 e. The van der Waals surface area contributed by atoms with E-state index in [4.69, 9.17) is 11.0 Å². The molecule has 0 unspecified atom stereocenters. The summed E-state index contributed by atoms with van der Waals surface area (Å²) >= 11 is 1.32. The Morgan fingerprint density at radius 2 is 1.85 bits per heavy atom. The van der Waals surface area contributed by atoms with Gasteiger partial charge in [-0.3, -0.25) is 4.79 Å². The third kappa shape index (κ3) is 4.06. The van der Waals surface area contributed by atoms with Crippen LogP contribution in [-0.2, 0) is 0 Å². The maximum atomic E-state index is 12.6. The lowest BCUT2D eigenvalue weighted by molar-refractivity contribution is 0.102. The minimum absolute atomic E-state index is 0.165. The van der Waals surface area contributed by atoms with E-state index in [-0.39, 0.29) is 17.4 Å². The van der Waals surface area contributed by atoms with E-state index in [1.54, 1.807) is 42.0 Å². The number of amides is 1. The zero-order chi connectivity index (χ0) is 22.8. The van der Waals surface area contributed by atoms with Crippen LogP contribution < -0.4 is 11.1 Å². The van der Waals surface area contributed by atoms with Gasteiger partial charge in [-0.25, -0.2) is 9.67 Å². The minimum atomic E-state index is -0.337. The number of thiazole rings is 1. The van der Waals surface area contributed by atoms with Crippen molar-refractivity contribution in [3.8, 4) is 28.1 Å². The predicted octanol–water partition coefficient (Wildman–Crippen LogP) is 3.28. The Hall–Kier alpha value is -4.82. The summed E-state index contributed by atoms with van der Waals surface area (Å²) < 4.78 is 1.51. The van der Waals surface area contributed by atoms with Crippen LogP contribution in [0.2, 0.25) is 0 Å². The molecule has 5 aromatic rings. The van der Waals surface area contributed by atoms with E-state index in [1.807, 2.05) is 36.4 Å². The molecule has 0 radical (unpaired) electrons. The number of aromatic nitrogens is 6. The summed E-state index contributed by atoms with van der Waals surface area (Å²) in [4.78, 5) is 18.6. The zero-order valence-corrected chi connectivity index (χ0v) is 17.8. The predicted molar refractivity (Wildman–Crippen MR) is 123 cm³/mol. The quantitative estimate of drug-likeness (QED) is 0.416. The van der Waals surface area contributed by atoms with Crippen LogP contribution in [0.15, 0.2) is 72.4 Å². The van der Waals surface area contributed by atoms with Crippen LogP contribution in [0.4, 0.5) is 11.5 Å². The highest BCUT2D eigenvalue weighted by Crippen LogP contribution is 2.23. The molecule has 0 spiro atoms. The number of nitrogens with two attached hydrogens (primary N) is 1. The molecule has 0 aliphatic heterocycles. The number of rotatable bonds is 5. The van der Waals surface area contributed by atoms with Gasteiger partial charge in [0.15, 0.2) is 5.82 Å². The molecule has 1 amide bonds. The summed E-state index contributed by atoms with van der Waals surface area (Å²) in [6.07, 6.45) is 3.17. The second-order valence-electron chi connectivity index (χ2n) is 6.88. The van der Waals surface area contributed by atoms with Gasteiger partial charge in [0.25, 0.3) is 5.91 Å². The van der Waals surface area contributed by atoms with Crippen molar-refractivity contribution in [2.75, 3.05) is 11.1 Å². The van der Waals surface area contributed by atoms with Crippen LogP contribution >= 0.6 is 11.3 Å². The van der Waals surface area contributed by atoms with E-state index in [9.17, 15) is 4.79 Å². The Balaban J connectivity index is 1.28. The summed E-state index contributed by atoms with van der Waals surface area (Å²) in [5.74, 6) is -0.172. The van der Waals surface area contributed by atoms with Gasteiger partial charge in [0, 0.05) is 11.1 Å². The molecule has 10 nitrogen and oxygen atoms in total. The summed E-state index contributed by atoms with van der Waals surface area (Å²) in [5, 5.41) is 26.9. The molecule has 33 heavy (non-hydrogen) atoms. The van der Waals surface area contributed by atoms with Gasteiger partial charge in [0.1, 0.15) is 28.0 Å². The van der Waals surface area contributed by atoms with Crippen molar-refractivity contribution in [2.45, 2.75) is 0 Å². The number of carbonyl (C=O) groups is 1. The maximum Gasteiger partial charge on any atom is 0.275 e. The Labute approximate surface area is 191 Å². The fourth-order valence-corrected chi connectivity index (χ4v) is 3.79. The van der Waals surface area contributed by atoms with Gasteiger partial charge in [0.05, 0.1) is 23.8 Å². The topological polar surface area (TPSA) is 140 Å². The van der Waals surface area contributed by atoms with Gasteiger partial charge < -0.3 is 11.1 Å². The normalized spacial score (nSPS) is 10.6. The molecule has 0 saturated carbocycles. The Morgan fingerprint density at radius 3 is 2.58 bits per heavy atom. The first-order chi connectivity index (χ1) is 16.1. The molecule has 0 bridgehead atoms. The van der Waals surface area contributed by atoms with Gasteiger partial charge >= 0.3 is 0 Å². The molecule has 0 atom stereocenters. The van der Waals surface area contributed by atoms with Crippen molar-refractivity contribution in [1.82, 2.24) is 29.8 Å². The summed E-state index contributed by atoms with van der Waals surface area (Å²) in [6, 6.07) is 18.5. The molecule has 3 heterocycles. The van der Waals surface area contributed by atoms with Gasteiger partial charge in [-0.2, -0.15) is 15.2 Å². The fourth-order valence-electron chi connectivity index (χ4n) is 3.04. The first kappa shape index (κ1) is 20.1. The molecule has 11 heteroatoms. The zero-order valence-electron chi connectivity index (χ0n) is 17.0. The van der Waals surface area contributed by atoms with Crippen LogP contribution in [0.5, 0.6) is 0 Å². The number of nitriles is 1. The third-order valence-electron chi connectivity index (χ3n) is 4.69. The van der Waals surface area contributed by atoms with E-state index >= 15 is 0 Å². The van der Waals surface area contributed by atoms with Crippen molar-refractivity contribution in [1.29, 1.82) is 5.26 Å². The molecule has 0 saturated heterocycles. The van der Waals surface area contributed by atoms with Gasteiger partial charge in [-0.1, -0.05) is 18.2 Å². The standard InChI is InChI=1S/C22H15N9OS/c23-10-14-12-30(29-20(14)24)16-8-6-15(7-9-16)26-21(32)19-13-33-22(27-19)18-11-25-31(28-18)17-4-2-1-3-5-17/h1-9,11-13H,(H2,24,29)(H,26,32). The lowest BCUT2D eigenvalue weighted by atomic mass is 10.2. The highest BCUT2D eigenvalue weighted by atomic mass is 32.1. The van der Waals surface area contributed by atoms with Crippen LogP contribution in [0.1, 0.15) is 16.1 Å². The summed E-state index contributed by atoms with van der Waals surface area (Å²) in [6.45, 7) is 0. The Morgan fingerprint density at radius 1 is 1.06 bits per heavy atom. The Kier molecular flexibility index (Phi) is 5.10. The minimum Gasteiger partial charge on any atom is -0.381 e. The number of nitrogens with zero attached hydrogens (tertiary/aromatic N) is 7. The molecular formula is C22H15N9OS. The van der Waals surface area contributed by atoms with Crippen LogP contribution in [0.3, 0.4) is 0 Å². The van der Waals surface area contributed by atoms with Crippen molar-refractivity contribution >= 4 is 28.7 Å². The number of hydrogen-bond acceptors (Lipinski definition) is 8. The average Bonchev–Trinajstić information content (AvgIpc) is 3.59. The monoisotopic (exact) mass is 453 g/mol. The molecule has 0 fully saturated rings. The van der Waals surface area contributed by atoms with Crippen LogP contribution in [0, 0.1) is 11.3 Å². The first-order valence-electron chi connectivity index (χ1n) is 9.71. The number of benzene rings is 2. The number of carbonyl (C=O) groups excluding carboxylic acids is 1. The van der Waals surface area contributed by atoms with Gasteiger partial charge in [0.2, 0.25) is 0 Å². The van der Waals surface area contributed by atoms with E-state index in [2.05, 4.69) is 25.6 Å². The second kappa shape index (κ2) is 8.37. The number of nitrogen functional groups attached to an aromatic ring is 1. The second-order valence-corrected chi connectivity index (χ2v) is 7.74. The molecule has 3 N–H and O–H groups in total. The van der Waals surface area contributed by atoms with Gasteiger partial charge in [-0.15, -0.1) is 21.5 Å². The molecule has 2 aromatic carbocycles. The van der Waals surface area contributed by atoms with Crippen LogP contribution in [0.25, 0.3) is 22.1 Å². The molecule has 5 rings (SSSR count). The van der Waals surface area contributed by atoms with Crippen molar-refractivity contribution in [3.63, 3.8) is 0 Å². The lowest BCUT2D eigenvalue weighted by Gasteiger charge is -2.05. The Bertz CT molecular complexity index is 1480. The largest absolute Gasteiger partial charge is 0.381 e. The van der Waals surface area contributed by atoms with E-state index in [0.29, 0.717) is 27.6 Å². The third-order valence-corrected chi connectivity index (χ3v) is 5.55. The molecule has 0 aliphatic rings. The maximum absolute atomic E-state index is 12.6. The SMILES string of the molecule is N#Cc1cn(-c2ccc(NC(=O)c3csc(-c4cnn(-c5ccccc5)n4)n3)cc2)nc1N. The molecule has 3 aromatic heterocycles. The van der Waals surface area contributed by atoms with Crippen LogP contribution in [-0.4, -0.2) is 35.7 Å². The van der Waals surface area contributed by atoms with Crippen molar-refractivity contribution < 1.29 is 4.79 Å². The molecular weight excluding hydrogens is 438 g/mol. The molecule has 160 valence electrons. The number of para-hydroxylation sites is 1. The van der Waals surface area contributed by atoms with Crippen molar-refractivity contribution in [3.05, 3.63) is 83.6 Å². The number of nitrogens with one attached hydrogen (secondary N) is 1. The average molecular weight is 453 g/mol. The highest BCUT2D eigenvalue weighted by molar-refractivity contribution is 7.13. The van der Waals surface area contributed by atoms with E-state index in [0.717, 1.165) is 5.69 Å². The van der Waals surface area contributed by atoms with E-state index < -0.39 is 0 Å². The first-order valence-corrected chi connectivity index (χ1v) is 10.6. The van der Waals surface area contributed by atoms with Crippen molar-refractivity contribution in [2.24, 2.45) is 0 Å². The summed E-state index contributed by atoms with van der Waals surface area (Å²) in [7, 11) is 0. The lowest BCUT2D eigenvalue weighted by Crippen LogP contribution is -2.12. The fraction of sp³-hybridized carbons (Fsp3) is 0. The van der Waals surface area contributed by atoms with E-state index in [1.165, 1.54) is 20.8 Å². The number of hydrogen-bond donors (Lipinski definition) is 2. The molecule has 0 aliphatic carbocycles. The summed E-state index contributed by atoms with van der Waals surface area (Å²) in [5.41, 5.74) is 9.00. The van der Waals surface area contributed by atoms with Gasteiger partial charge in [-0.05, 0) is 36.4 Å².